The summed E-state index contributed by atoms with van der Waals surface area (Å²) in [7, 11) is 0. The highest BCUT2D eigenvalue weighted by molar-refractivity contribution is 5.98. The Morgan fingerprint density at radius 2 is 2.05 bits per heavy atom. The zero-order chi connectivity index (χ0) is 13.8. The lowest BCUT2D eigenvalue weighted by Gasteiger charge is -2.17. The van der Waals surface area contributed by atoms with Gasteiger partial charge in [0, 0.05) is 30.5 Å². The fraction of sp³-hybridized carbons (Fsp3) is 0.467. The lowest BCUT2D eigenvalue weighted by molar-refractivity contribution is -0.310. The van der Waals surface area contributed by atoms with E-state index in [0.29, 0.717) is 0 Å². The molecule has 0 radical (unpaired) electrons. The maximum atomic E-state index is 11.8. The van der Waals surface area contributed by atoms with Crippen molar-refractivity contribution in [3.05, 3.63) is 29.8 Å². The van der Waals surface area contributed by atoms with Crippen LogP contribution in [0.1, 0.15) is 31.7 Å². The summed E-state index contributed by atoms with van der Waals surface area (Å²) in [6.07, 6.45) is 3.38. The molecule has 1 aliphatic heterocycles. The highest BCUT2D eigenvalue weighted by Crippen LogP contribution is 2.25. The van der Waals surface area contributed by atoms with Crippen molar-refractivity contribution in [2.24, 2.45) is 5.92 Å². The van der Waals surface area contributed by atoms with Crippen molar-refractivity contribution in [1.82, 2.24) is 0 Å². The zero-order valence-corrected chi connectivity index (χ0v) is 11.1. The predicted molar refractivity (Wildman–Crippen MR) is 70.5 cm³/mol. The summed E-state index contributed by atoms with van der Waals surface area (Å²) in [5.74, 6) is -1.97. The van der Waals surface area contributed by atoms with Crippen LogP contribution < -0.4 is 10.0 Å². The minimum absolute atomic E-state index is 0.0416. The van der Waals surface area contributed by atoms with E-state index in [-0.39, 0.29) is 18.9 Å². The molecule has 2 rings (SSSR count). The first kappa shape index (κ1) is 13.6. The van der Waals surface area contributed by atoms with Crippen LogP contribution in [0.4, 0.5) is 5.69 Å². The van der Waals surface area contributed by atoms with E-state index in [1.54, 1.807) is 0 Å². The number of carboxylic acid groups (broad SMARTS) is 1. The van der Waals surface area contributed by atoms with Gasteiger partial charge < -0.3 is 14.8 Å². The van der Waals surface area contributed by atoms with Crippen molar-refractivity contribution in [2.45, 2.75) is 32.6 Å². The van der Waals surface area contributed by atoms with Crippen LogP contribution in [-0.4, -0.2) is 18.4 Å². The van der Waals surface area contributed by atoms with Crippen LogP contribution in [0, 0.1) is 5.92 Å². The summed E-state index contributed by atoms with van der Waals surface area (Å²) in [4.78, 5) is 24.1. The van der Waals surface area contributed by atoms with Gasteiger partial charge >= 0.3 is 0 Å². The van der Waals surface area contributed by atoms with E-state index in [4.69, 9.17) is 0 Å². The molecule has 0 bridgehead atoms. The highest BCUT2D eigenvalue weighted by Gasteiger charge is 2.31. The fourth-order valence-corrected chi connectivity index (χ4v) is 2.34. The minimum Gasteiger partial charge on any atom is -0.550 e. The molecule has 1 heterocycles. The maximum absolute atomic E-state index is 11.8. The summed E-state index contributed by atoms with van der Waals surface area (Å²) in [5, 5.41) is 10.8. The van der Waals surface area contributed by atoms with Gasteiger partial charge in [0.1, 0.15) is 0 Å². The lowest BCUT2D eigenvalue weighted by Crippen LogP contribution is -2.33. The van der Waals surface area contributed by atoms with Gasteiger partial charge in [0.15, 0.2) is 0 Å². The lowest BCUT2D eigenvalue weighted by atomic mass is 10.1. The number of hydrogen-bond acceptors (Lipinski definition) is 3. The van der Waals surface area contributed by atoms with Crippen molar-refractivity contribution in [2.75, 3.05) is 11.4 Å². The number of benzene rings is 1. The van der Waals surface area contributed by atoms with Gasteiger partial charge in [-0.1, -0.05) is 25.5 Å². The third-order valence-corrected chi connectivity index (χ3v) is 3.53. The quantitative estimate of drug-likeness (QED) is 0.797. The third kappa shape index (κ3) is 3.13. The Kier molecular flexibility index (Phi) is 4.20. The molecule has 102 valence electrons. The number of anilines is 1. The summed E-state index contributed by atoms with van der Waals surface area (Å²) in [5.41, 5.74) is 2.02. The molecule has 4 nitrogen and oxygen atoms in total. The molecule has 0 saturated carbocycles. The number of rotatable bonds is 5. The molecule has 0 aromatic heterocycles. The van der Waals surface area contributed by atoms with E-state index in [1.165, 1.54) is 10.5 Å². The Hall–Kier alpha value is -1.84. The van der Waals surface area contributed by atoms with Gasteiger partial charge in [-0.2, -0.15) is 0 Å². The highest BCUT2D eigenvalue weighted by atomic mass is 16.4. The number of amides is 1. The van der Waals surface area contributed by atoms with E-state index in [9.17, 15) is 14.7 Å². The van der Waals surface area contributed by atoms with Crippen molar-refractivity contribution in [3.8, 4) is 0 Å². The van der Waals surface area contributed by atoms with Crippen LogP contribution in [0.3, 0.4) is 0 Å². The third-order valence-electron chi connectivity index (χ3n) is 3.53. The van der Waals surface area contributed by atoms with E-state index in [1.807, 2.05) is 24.3 Å². The fourth-order valence-electron chi connectivity index (χ4n) is 2.34. The summed E-state index contributed by atoms with van der Waals surface area (Å²) < 4.78 is 0. The van der Waals surface area contributed by atoms with Gasteiger partial charge in [0.25, 0.3) is 0 Å². The number of aryl methyl sites for hydroxylation is 1. The van der Waals surface area contributed by atoms with Gasteiger partial charge in [0.05, 0.1) is 0 Å². The molecule has 19 heavy (non-hydrogen) atoms. The van der Waals surface area contributed by atoms with Gasteiger partial charge in [-0.05, 0) is 30.5 Å². The minimum atomic E-state index is -1.14. The van der Waals surface area contributed by atoms with E-state index >= 15 is 0 Å². The van der Waals surface area contributed by atoms with Crippen LogP contribution >= 0.6 is 0 Å². The number of carboxylic acids is 1. The average molecular weight is 260 g/mol. The largest absolute Gasteiger partial charge is 0.550 e. The first-order valence-electron chi connectivity index (χ1n) is 6.72. The average Bonchev–Trinajstić information content (AvgIpc) is 2.79. The van der Waals surface area contributed by atoms with Crippen LogP contribution in [-0.2, 0) is 16.0 Å². The number of unbranched alkanes of at least 4 members (excludes halogenated alkanes) is 1. The molecule has 0 spiro atoms. The van der Waals surface area contributed by atoms with E-state index in [2.05, 4.69) is 6.92 Å². The van der Waals surface area contributed by atoms with Crippen LogP contribution in [0.5, 0.6) is 0 Å². The molecule has 0 unspecified atom stereocenters. The molecular weight excluding hydrogens is 242 g/mol. The van der Waals surface area contributed by atoms with Crippen molar-refractivity contribution < 1.29 is 14.7 Å². The molecule has 4 heteroatoms. The van der Waals surface area contributed by atoms with Gasteiger partial charge in [-0.15, -0.1) is 0 Å². The Bertz CT molecular complexity index is 467. The molecule has 1 fully saturated rings. The molecular formula is C15H18NO3-. The van der Waals surface area contributed by atoms with Crippen LogP contribution in [0.2, 0.25) is 0 Å². The number of nitrogens with zero attached hydrogens (tertiary/aromatic N) is 1. The molecule has 1 amide bonds. The second-order valence-electron chi connectivity index (χ2n) is 4.99. The number of aliphatic carboxylic acids is 1. The summed E-state index contributed by atoms with van der Waals surface area (Å²) in [6.45, 7) is 2.37. The maximum Gasteiger partial charge on any atom is 0.227 e. The zero-order valence-electron chi connectivity index (χ0n) is 11.1. The molecule has 1 aromatic rings. The molecule has 1 saturated heterocycles. The number of hydrogen-bond donors (Lipinski definition) is 0. The molecule has 1 aromatic carbocycles. The Labute approximate surface area is 113 Å². The Morgan fingerprint density at radius 1 is 1.37 bits per heavy atom. The normalized spacial score (nSPS) is 18.9. The SMILES string of the molecule is CCCCc1ccc(N2C[C@H](C(=O)[O-])CC2=O)cc1. The molecule has 1 atom stereocenters. The Balaban J connectivity index is 2.06. The first-order chi connectivity index (χ1) is 9.11. The van der Waals surface area contributed by atoms with Crippen LogP contribution in [0.25, 0.3) is 0 Å². The van der Waals surface area contributed by atoms with E-state index < -0.39 is 11.9 Å². The molecule has 0 N–H and O–H groups in total. The van der Waals surface area contributed by atoms with Gasteiger partial charge in [-0.3, -0.25) is 4.79 Å². The van der Waals surface area contributed by atoms with Crippen molar-refractivity contribution in [1.29, 1.82) is 0 Å². The monoisotopic (exact) mass is 260 g/mol. The topological polar surface area (TPSA) is 60.4 Å². The standard InChI is InChI=1S/C15H19NO3/c1-2-3-4-11-5-7-13(8-6-11)16-10-12(15(18)19)9-14(16)17/h5-8,12H,2-4,9-10H2,1H3,(H,18,19)/p-1/t12-/m1/s1. The number of carbonyl (C=O) groups excluding carboxylic acids is 2. The molecule has 0 aliphatic carbocycles. The van der Waals surface area contributed by atoms with E-state index in [0.717, 1.165) is 24.9 Å². The number of carbonyl (C=O) groups is 2. The van der Waals surface area contributed by atoms with Gasteiger partial charge in [0.2, 0.25) is 5.91 Å². The first-order valence-corrected chi connectivity index (χ1v) is 6.72. The second kappa shape index (κ2) is 5.87. The Morgan fingerprint density at radius 3 is 2.58 bits per heavy atom. The smallest absolute Gasteiger partial charge is 0.227 e. The van der Waals surface area contributed by atoms with Crippen molar-refractivity contribution in [3.63, 3.8) is 0 Å². The second-order valence-corrected chi connectivity index (χ2v) is 4.99. The van der Waals surface area contributed by atoms with Gasteiger partial charge in [-0.25, -0.2) is 0 Å². The predicted octanol–water partition coefficient (Wildman–Crippen LogP) is 1.13. The summed E-state index contributed by atoms with van der Waals surface area (Å²) in [6, 6.07) is 7.79. The summed E-state index contributed by atoms with van der Waals surface area (Å²) >= 11 is 0. The van der Waals surface area contributed by atoms with Crippen molar-refractivity contribution >= 4 is 17.6 Å². The molecule has 1 aliphatic rings. The van der Waals surface area contributed by atoms with Crippen LogP contribution in [0.15, 0.2) is 24.3 Å².